The fourth-order valence-electron chi connectivity index (χ4n) is 3.45. The third kappa shape index (κ3) is 4.35. The lowest BCUT2D eigenvalue weighted by Gasteiger charge is -2.32. The van der Waals surface area contributed by atoms with Crippen molar-refractivity contribution in [1.82, 2.24) is 14.4 Å². The molecule has 0 amide bonds. The van der Waals surface area contributed by atoms with Crippen LogP contribution in [0.4, 0.5) is 0 Å². The number of benzene rings is 2. The number of piperidine rings is 1. The summed E-state index contributed by atoms with van der Waals surface area (Å²) in [4.78, 5) is 4.78. The van der Waals surface area contributed by atoms with Gasteiger partial charge in [0.25, 0.3) is 0 Å². The van der Waals surface area contributed by atoms with Gasteiger partial charge in [0.05, 0.1) is 4.90 Å². The summed E-state index contributed by atoms with van der Waals surface area (Å²) in [5.74, 6) is 0.776. The number of rotatable bonds is 5. The van der Waals surface area contributed by atoms with Crippen molar-refractivity contribution in [3.05, 3.63) is 66.1 Å². The van der Waals surface area contributed by atoms with Gasteiger partial charge in [0.1, 0.15) is 6.04 Å². The van der Waals surface area contributed by atoms with E-state index in [9.17, 15) is 8.42 Å². The molecule has 29 heavy (non-hydrogen) atoms. The van der Waals surface area contributed by atoms with Crippen LogP contribution in [0.3, 0.4) is 0 Å². The second-order valence-corrected chi connectivity index (χ2v) is 8.69. The zero-order chi connectivity index (χ0) is 19.6. The number of aromatic nitrogens is 2. The molecule has 1 aliphatic rings. The Morgan fingerprint density at radius 3 is 2.48 bits per heavy atom. The van der Waals surface area contributed by atoms with Gasteiger partial charge in [-0.05, 0) is 30.5 Å². The minimum Gasteiger partial charge on any atom is -0.337 e. The van der Waals surface area contributed by atoms with Gasteiger partial charge in [0.15, 0.2) is 0 Å². The number of halogens is 1. The number of nitrogens with two attached hydrogens (primary N) is 1. The van der Waals surface area contributed by atoms with Gasteiger partial charge < -0.3 is 10.3 Å². The molecule has 1 atom stereocenters. The molecular weight excluding hydrogens is 412 g/mol. The molecule has 9 heteroatoms. The summed E-state index contributed by atoms with van der Waals surface area (Å²) in [6.45, 7) is 0.900. The van der Waals surface area contributed by atoms with Crippen LogP contribution < -0.4 is 5.73 Å². The largest absolute Gasteiger partial charge is 0.337 e. The first-order valence-electron chi connectivity index (χ1n) is 9.29. The van der Waals surface area contributed by atoms with Gasteiger partial charge in [0, 0.05) is 18.7 Å². The van der Waals surface area contributed by atoms with E-state index in [1.807, 2.05) is 24.3 Å². The average molecular weight is 435 g/mol. The maximum absolute atomic E-state index is 13.1. The highest BCUT2D eigenvalue weighted by Gasteiger charge is 2.37. The molecule has 0 radical (unpaired) electrons. The van der Waals surface area contributed by atoms with Crippen molar-refractivity contribution in [3.8, 4) is 11.4 Å². The summed E-state index contributed by atoms with van der Waals surface area (Å²) in [7, 11) is -3.63. The summed E-state index contributed by atoms with van der Waals surface area (Å²) in [5, 5.41) is 4.07. The summed E-state index contributed by atoms with van der Waals surface area (Å²) in [6.07, 6.45) is 2.37. The van der Waals surface area contributed by atoms with Crippen molar-refractivity contribution in [1.29, 1.82) is 0 Å². The standard InChI is InChI=1S/C20H22N4O3S.ClH/c21-14-15-9-11-16(12-10-15)19-22-20(27-23-19)18-8-4-5-13-24(18)28(25,26)17-6-2-1-3-7-17;/h1-3,6-7,9-12,18H,4-5,8,13-14,21H2;1H. The maximum atomic E-state index is 13.1. The Bertz CT molecular complexity index is 1040. The van der Waals surface area contributed by atoms with Gasteiger partial charge in [-0.25, -0.2) is 8.42 Å². The van der Waals surface area contributed by atoms with Crippen molar-refractivity contribution in [3.63, 3.8) is 0 Å². The van der Waals surface area contributed by atoms with E-state index in [-0.39, 0.29) is 17.3 Å². The summed E-state index contributed by atoms with van der Waals surface area (Å²) in [6, 6.07) is 15.6. The number of hydrogen-bond donors (Lipinski definition) is 1. The van der Waals surface area contributed by atoms with Crippen molar-refractivity contribution < 1.29 is 12.9 Å². The van der Waals surface area contributed by atoms with Gasteiger partial charge in [-0.15, -0.1) is 12.4 Å². The van der Waals surface area contributed by atoms with Crippen molar-refractivity contribution in [2.24, 2.45) is 5.73 Å². The third-order valence-corrected chi connectivity index (χ3v) is 6.90. The molecule has 1 unspecified atom stereocenters. The van der Waals surface area contributed by atoms with Crippen LogP contribution in [-0.2, 0) is 16.6 Å². The zero-order valence-corrected chi connectivity index (χ0v) is 17.4. The third-order valence-electron chi connectivity index (χ3n) is 4.98. The molecule has 1 fully saturated rings. The van der Waals surface area contributed by atoms with Crippen LogP contribution in [0.1, 0.15) is 36.8 Å². The minimum absolute atomic E-state index is 0. The number of nitrogens with zero attached hydrogens (tertiary/aromatic N) is 3. The molecule has 1 aromatic heterocycles. The maximum Gasteiger partial charge on any atom is 0.245 e. The van der Waals surface area contributed by atoms with Crippen LogP contribution in [0.25, 0.3) is 11.4 Å². The molecular formula is C20H23ClN4O3S. The van der Waals surface area contributed by atoms with Crippen molar-refractivity contribution in [2.45, 2.75) is 36.7 Å². The summed E-state index contributed by atoms with van der Waals surface area (Å²) in [5.41, 5.74) is 7.45. The Labute approximate surface area is 176 Å². The molecule has 0 saturated carbocycles. The lowest BCUT2D eigenvalue weighted by atomic mass is 10.1. The second-order valence-electron chi connectivity index (χ2n) is 6.80. The van der Waals surface area contributed by atoms with E-state index >= 15 is 0 Å². The molecule has 1 aliphatic heterocycles. The van der Waals surface area contributed by atoms with Crippen LogP contribution in [-0.4, -0.2) is 29.4 Å². The van der Waals surface area contributed by atoms with Gasteiger partial charge >= 0.3 is 0 Å². The summed E-state index contributed by atoms with van der Waals surface area (Å²) < 4.78 is 33.3. The Morgan fingerprint density at radius 1 is 1.07 bits per heavy atom. The SMILES string of the molecule is Cl.NCc1ccc(-c2noc(C3CCCCN3S(=O)(=O)c3ccccc3)n2)cc1. The Morgan fingerprint density at radius 2 is 1.79 bits per heavy atom. The predicted molar refractivity (Wildman–Crippen MR) is 112 cm³/mol. The normalized spacial score (nSPS) is 17.6. The Hall–Kier alpha value is -2.26. The summed E-state index contributed by atoms with van der Waals surface area (Å²) >= 11 is 0. The van der Waals surface area contributed by atoms with Crippen molar-refractivity contribution >= 4 is 22.4 Å². The van der Waals surface area contributed by atoms with E-state index in [1.54, 1.807) is 30.3 Å². The Balaban J connectivity index is 0.00000240. The molecule has 0 spiro atoms. The average Bonchev–Trinajstić information content (AvgIpc) is 3.24. The molecule has 2 heterocycles. The van der Waals surface area contributed by atoms with Crippen LogP contribution in [0.15, 0.2) is 64.0 Å². The highest BCUT2D eigenvalue weighted by molar-refractivity contribution is 7.89. The molecule has 1 saturated heterocycles. The van der Waals surface area contributed by atoms with E-state index in [1.165, 1.54) is 4.31 Å². The molecule has 7 nitrogen and oxygen atoms in total. The highest BCUT2D eigenvalue weighted by Crippen LogP contribution is 2.35. The fraction of sp³-hybridized carbons (Fsp3) is 0.300. The highest BCUT2D eigenvalue weighted by atomic mass is 35.5. The van der Waals surface area contributed by atoms with Crippen LogP contribution in [0.2, 0.25) is 0 Å². The van der Waals surface area contributed by atoms with Crippen LogP contribution in [0, 0.1) is 0 Å². The molecule has 2 N–H and O–H groups in total. The predicted octanol–water partition coefficient (Wildman–Crippen LogP) is 3.53. The number of hydrogen-bond acceptors (Lipinski definition) is 6. The van der Waals surface area contributed by atoms with E-state index in [0.717, 1.165) is 24.0 Å². The molecule has 3 aromatic rings. The van der Waals surface area contributed by atoms with E-state index in [2.05, 4.69) is 10.1 Å². The molecule has 2 aromatic carbocycles. The fourth-order valence-corrected chi connectivity index (χ4v) is 5.12. The van der Waals surface area contributed by atoms with Crippen LogP contribution >= 0.6 is 12.4 Å². The van der Waals surface area contributed by atoms with Gasteiger partial charge in [-0.1, -0.05) is 54.0 Å². The van der Waals surface area contributed by atoms with E-state index in [0.29, 0.717) is 31.2 Å². The topological polar surface area (TPSA) is 102 Å². The lowest BCUT2D eigenvalue weighted by Crippen LogP contribution is -2.38. The molecule has 154 valence electrons. The first-order chi connectivity index (χ1) is 13.6. The Kier molecular flexibility index (Phi) is 6.69. The quantitative estimate of drug-likeness (QED) is 0.658. The van der Waals surface area contributed by atoms with Gasteiger partial charge in [-0.2, -0.15) is 9.29 Å². The second kappa shape index (κ2) is 9.04. The molecule has 0 bridgehead atoms. The molecule has 4 rings (SSSR count). The van der Waals surface area contributed by atoms with Gasteiger partial charge in [-0.3, -0.25) is 0 Å². The van der Waals surface area contributed by atoms with Gasteiger partial charge in [0.2, 0.25) is 21.7 Å². The first kappa shape index (κ1) is 21.4. The smallest absolute Gasteiger partial charge is 0.245 e. The van der Waals surface area contributed by atoms with E-state index < -0.39 is 16.1 Å². The lowest BCUT2D eigenvalue weighted by molar-refractivity contribution is 0.204. The number of sulfonamides is 1. The minimum atomic E-state index is -3.63. The van der Waals surface area contributed by atoms with Crippen LogP contribution in [0.5, 0.6) is 0 Å². The van der Waals surface area contributed by atoms with Crippen molar-refractivity contribution in [2.75, 3.05) is 6.54 Å². The molecule has 0 aliphatic carbocycles. The zero-order valence-electron chi connectivity index (χ0n) is 15.8. The first-order valence-corrected chi connectivity index (χ1v) is 10.7. The van der Waals surface area contributed by atoms with E-state index in [4.69, 9.17) is 10.3 Å². The monoisotopic (exact) mass is 434 g/mol.